The van der Waals surface area contributed by atoms with E-state index in [1.54, 1.807) is 12.1 Å². The summed E-state index contributed by atoms with van der Waals surface area (Å²) in [5.41, 5.74) is 2.03. The van der Waals surface area contributed by atoms with Gasteiger partial charge in [0.25, 0.3) is 5.56 Å². The first-order valence-electron chi connectivity index (χ1n) is 7.62. The van der Waals surface area contributed by atoms with E-state index < -0.39 is 11.9 Å². The summed E-state index contributed by atoms with van der Waals surface area (Å²) in [5, 5.41) is 5.54. The first kappa shape index (κ1) is 15.9. The lowest BCUT2D eigenvalue weighted by Gasteiger charge is -2.13. The third kappa shape index (κ3) is 3.32. The van der Waals surface area contributed by atoms with Crippen LogP contribution < -0.4 is 5.56 Å². The maximum Gasteiger partial charge on any atom is 0.306 e. The van der Waals surface area contributed by atoms with Crippen molar-refractivity contribution in [3.8, 4) is 0 Å². The number of aromatic nitrogens is 2. The molecular formula is C18H18N2O4. The van der Waals surface area contributed by atoms with E-state index in [0.29, 0.717) is 17.7 Å². The Kier molecular flexibility index (Phi) is 4.65. The summed E-state index contributed by atoms with van der Waals surface area (Å²) in [4.78, 5) is 24.2. The van der Waals surface area contributed by atoms with Crippen LogP contribution in [0.25, 0.3) is 0 Å². The number of carbonyl (C=O) groups excluding carboxylic acids is 1. The Bertz CT molecular complexity index is 847. The van der Waals surface area contributed by atoms with Gasteiger partial charge in [0.05, 0.1) is 31.3 Å². The molecule has 2 heterocycles. The molecule has 0 radical (unpaired) electrons. The number of hydrogen-bond acceptors (Lipinski definition) is 4. The molecule has 0 fully saturated rings. The van der Waals surface area contributed by atoms with Crippen LogP contribution in [0.5, 0.6) is 0 Å². The Morgan fingerprint density at radius 3 is 2.62 bits per heavy atom. The van der Waals surface area contributed by atoms with E-state index in [0.717, 1.165) is 11.3 Å². The van der Waals surface area contributed by atoms with Crippen molar-refractivity contribution in [3.05, 3.63) is 81.7 Å². The SMILES string of the molecule is COC(=O)CC(c1ccco1)c1c(Cc2ccccc2)[nH][nH]c1=O. The maximum atomic E-state index is 12.4. The van der Waals surface area contributed by atoms with Crippen molar-refractivity contribution in [2.24, 2.45) is 0 Å². The van der Waals surface area contributed by atoms with Crippen LogP contribution in [0.4, 0.5) is 0 Å². The van der Waals surface area contributed by atoms with Crippen LogP contribution in [-0.4, -0.2) is 23.3 Å². The number of nitrogens with one attached hydrogen (secondary N) is 2. The monoisotopic (exact) mass is 326 g/mol. The first-order chi connectivity index (χ1) is 11.7. The molecule has 1 unspecified atom stereocenters. The molecule has 2 N–H and O–H groups in total. The zero-order valence-corrected chi connectivity index (χ0v) is 13.2. The van der Waals surface area contributed by atoms with E-state index in [2.05, 4.69) is 10.2 Å². The molecule has 0 spiro atoms. The Morgan fingerprint density at radius 2 is 1.96 bits per heavy atom. The van der Waals surface area contributed by atoms with Gasteiger partial charge in [0.1, 0.15) is 5.76 Å². The van der Waals surface area contributed by atoms with Gasteiger partial charge < -0.3 is 14.3 Å². The van der Waals surface area contributed by atoms with Gasteiger partial charge in [0, 0.05) is 12.1 Å². The number of esters is 1. The van der Waals surface area contributed by atoms with Crippen molar-refractivity contribution in [2.75, 3.05) is 7.11 Å². The Balaban J connectivity index is 2.00. The van der Waals surface area contributed by atoms with Crippen LogP contribution in [0.2, 0.25) is 0 Å². The lowest BCUT2D eigenvalue weighted by atomic mass is 9.91. The molecule has 124 valence electrons. The number of ether oxygens (including phenoxy) is 1. The molecule has 0 aliphatic carbocycles. The highest BCUT2D eigenvalue weighted by Gasteiger charge is 2.27. The molecule has 3 rings (SSSR count). The average molecular weight is 326 g/mol. The molecule has 0 saturated heterocycles. The van der Waals surface area contributed by atoms with Gasteiger partial charge in [-0.1, -0.05) is 30.3 Å². The summed E-state index contributed by atoms with van der Waals surface area (Å²) in [6.45, 7) is 0. The highest BCUT2D eigenvalue weighted by atomic mass is 16.5. The zero-order chi connectivity index (χ0) is 16.9. The molecular weight excluding hydrogens is 308 g/mol. The number of furan rings is 1. The topological polar surface area (TPSA) is 88.1 Å². The molecule has 0 saturated carbocycles. The van der Waals surface area contributed by atoms with Gasteiger partial charge in [-0.25, -0.2) is 0 Å². The van der Waals surface area contributed by atoms with Crippen LogP contribution in [0.15, 0.2) is 57.9 Å². The van der Waals surface area contributed by atoms with Crippen LogP contribution >= 0.6 is 0 Å². The Labute approximate surface area is 138 Å². The summed E-state index contributed by atoms with van der Waals surface area (Å²) in [7, 11) is 1.33. The van der Waals surface area contributed by atoms with Gasteiger partial charge in [-0.3, -0.25) is 14.7 Å². The summed E-state index contributed by atoms with van der Waals surface area (Å²) in [6.07, 6.45) is 2.11. The minimum Gasteiger partial charge on any atom is -0.469 e. The molecule has 3 aromatic rings. The first-order valence-corrected chi connectivity index (χ1v) is 7.62. The molecule has 6 nitrogen and oxygen atoms in total. The lowest BCUT2D eigenvalue weighted by Crippen LogP contribution is -2.17. The molecule has 1 atom stereocenters. The van der Waals surface area contributed by atoms with Crippen molar-refractivity contribution in [2.45, 2.75) is 18.8 Å². The van der Waals surface area contributed by atoms with Gasteiger partial charge in [-0.2, -0.15) is 0 Å². The van der Waals surface area contributed by atoms with E-state index in [-0.39, 0.29) is 12.0 Å². The number of H-pyrrole nitrogens is 2. The number of hydrogen-bond donors (Lipinski definition) is 2. The number of aromatic amines is 2. The molecule has 0 aliphatic heterocycles. The minimum atomic E-state index is -0.499. The number of carbonyl (C=O) groups is 1. The molecule has 2 aromatic heterocycles. The average Bonchev–Trinajstić information content (AvgIpc) is 3.24. The smallest absolute Gasteiger partial charge is 0.306 e. The van der Waals surface area contributed by atoms with Gasteiger partial charge >= 0.3 is 5.97 Å². The van der Waals surface area contributed by atoms with Gasteiger partial charge in [0.2, 0.25) is 0 Å². The second-order valence-electron chi connectivity index (χ2n) is 5.48. The Morgan fingerprint density at radius 1 is 1.17 bits per heavy atom. The van der Waals surface area contributed by atoms with Gasteiger partial charge in [-0.15, -0.1) is 0 Å². The highest BCUT2D eigenvalue weighted by Crippen LogP contribution is 2.29. The summed E-state index contributed by atoms with van der Waals surface area (Å²) < 4.78 is 10.2. The fraction of sp³-hybridized carbons (Fsp3) is 0.222. The lowest BCUT2D eigenvalue weighted by molar-refractivity contribution is -0.140. The fourth-order valence-corrected chi connectivity index (χ4v) is 2.80. The van der Waals surface area contributed by atoms with Crippen LogP contribution in [-0.2, 0) is 16.0 Å². The van der Waals surface area contributed by atoms with Crippen LogP contribution in [0, 0.1) is 0 Å². The highest BCUT2D eigenvalue weighted by molar-refractivity contribution is 5.71. The molecule has 6 heteroatoms. The van der Waals surface area contributed by atoms with Gasteiger partial charge in [-0.05, 0) is 17.7 Å². The Hall–Kier alpha value is -3.02. The standard InChI is InChI=1S/C18H18N2O4/c1-23-16(21)11-13(15-8-5-9-24-15)17-14(19-20-18(17)22)10-12-6-3-2-4-7-12/h2-9,13H,10-11H2,1H3,(H2,19,20,22). The van der Waals surface area contributed by atoms with Crippen molar-refractivity contribution in [1.82, 2.24) is 10.2 Å². The number of methoxy groups -OCH3 is 1. The predicted octanol–water partition coefficient (Wildman–Crippen LogP) is 2.58. The quantitative estimate of drug-likeness (QED) is 0.682. The van der Waals surface area contributed by atoms with Gasteiger partial charge in [0.15, 0.2) is 0 Å². The second kappa shape index (κ2) is 7.04. The van der Waals surface area contributed by atoms with E-state index >= 15 is 0 Å². The third-order valence-corrected chi connectivity index (χ3v) is 3.95. The van der Waals surface area contributed by atoms with Crippen molar-refractivity contribution in [1.29, 1.82) is 0 Å². The fourth-order valence-electron chi connectivity index (χ4n) is 2.80. The van der Waals surface area contributed by atoms with Crippen molar-refractivity contribution >= 4 is 5.97 Å². The number of rotatable bonds is 6. The summed E-state index contributed by atoms with van der Waals surface area (Å²) in [6, 6.07) is 13.3. The van der Waals surface area contributed by atoms with Crippen molar-refractivity contribution < 1.29 is 13.9 Å². The molecule has 0 amide bonds. The van der Waals surface area contributed by atoms with Crippen LogP contribution in [0.1, 0.15) is 34.9 Å². The second-order valence-corrected chi connectivity index (χ2v) is 5.48. The van der Waals surface area contributed by atoms with Crippen LogP contribution in [0.3, 0.4) is 0 Å². The molecule has 0 aliphatic rings. The zero-order valence-electron chi connectivity index (χ0n) is 13.2. The molecule has 24 heavy (non-hydrogen) atoms. The van der Waals surface area contributed by atoms with E-state index in [1.807, 2.05) is 30.3 Å². The molecule has 0 bridgehead atoms. The van der Waals surface area contributed by atoms with E-state index in [1.165, 1.54) is 13.4 Å². The molecule has 1 aromatic carbocycles. The summed E-state index contributed by atoms with van der Waals surface area (Å²) >= 11 is 0. The van der Waals surface area contributed by atoms with E-state index in [9.17, 15) is 9.59 Å². The normalized spacial score (nSPS) is 12.0. The maximum absolute atomic E-state index is 12.4. The number of benzene rings is 1. The van der Waals surface area contributed by atoms with E-state index in [4.69, 9.17) is 9.15 Å². The third-order valence-electron chi connectivity index (χ3n) is 3.95. The largest absolute Gasteiger partial charge is 0.469 e. The summed E-state index contributed by atoms with van der Waals surface area (Å²) in [5.74, 6) is -0.344. The minimum absolute atomic E-state index is 0.0345. The van der Waals surface area contributed by atoms with Crippen molar-refractivity contribution in [3.63, 3.8) is 0 Å². The predicted molar refractivity (Wildman–Crippen MR) is 87.8 cm³/mol.